The van der Waals surface area contributed by atoms with Gasteiger partial charge in [-0.05, 0) is 32.0 Å². The Bertz CT molecular complexity index is 1440. The number of Topliss-reactive ketones (excluding diaryl/α,β-unsaturated/α-hetero) is 1. The number of nitrogens with one attached hydrogen (secondary N) is 1. The first-order valence-electron chi connectivity index (χ1n) is 10.9. The smallest absolute Gasteiger partial charge is 0.416 e. The van der Waals surface area contributed by atoms with Gasteiger partial charge >= 0.3 is 6.09 Å². The van der Waals surface area contributed by atoms with Crippen LogP contribution in [0.2, 0.25) is 0 Å². The number of hydrogen-bond acceptors (Lipinski definition) is 9. The predicted octanol–water partition coefficient (Wildman–Crippen LogP) is 2.51. The maximum atomic E-state index is 12.0. The van der Waals surface area contributed by atoms with E-state index < -0.39 is 12.2 Å². The minimum atomic E-state index is -1.17. The molecule has 0 spiro atoms. The Hall–Kier alpha value is -4.13. The summed E-state index contributed by atoms with van der Waals surface area (Å²) < 4.78 is 2.67. The van der Waals surface area contributed by atoms with Crippen LogP contribution in [0.15, 0.2) is 42.9 Å². The molecule has 4 aromatic rings. The summed E-state index contributed by atoms with van der Waals surface area (Å²) in [4.78, 5) is 37.8. The van der Waals surface area contributed by atoms with Crippen molar-refractivity contribution in [3.05, 3.63) is 59.7 Å². The number of ketones is 1. The Morgan fingerprint density at radius 1 is 1.26 bits per heavy atom. The summed E-state index contributed by atoms with van der Waals surface area (Å²) in [6.07, 6.45) is 3.12. The average molecular weight is 477 g/mol. The van der Waals surface area contributed by atoms with Crippen LogP contribution in [0.3, 0.4) is 0 Å². The number of benzene rings is 1. The summed E-state index contributed by atoms with van der Waals surface area (Å²) >= 11 is 0. The van der Waals surface area contributed by atoms with Crippen molar-refractivity contribution in [3.8, 4) is 5.82 Å². The first kappa shape index (κ1) is 22.7. The fourth-order valence-electron chi connectivity index (χ4n) is 4.01. The zero-order chi connectivity index (χ0) is 24.7. The van der Waals surface area contributed by atoms with Gasteiger partial charge in [0.15, 0.2) is 11.6 Å². The number of aliphatic hydroxyl groups is 1. The number of rotatable bonds is 6. The monoisotopic (exact) mass is 477 g/mol. The van der Waals surface area contributed by atoms with E-state index in [1.54, 1.807) is 40.2 Å². The van der Waals surface area contributed by atoms with Gasteiger partial charge in [-0.3, -0.25) is 14.2 Å². The molecule has 0 radical (unpaired) electrons. The summed E-state index contributed by atoms with van der Waals surface area (Å²) in [6.45, 7) is 4.51. The van der Waals surface area contributed by atoms with Gasteiger partial charge in [0.25, 0.3) is 0 Å². The van der Waals surface area contributed by atoms with Crippen molar-refractivity contribution < 1.29 is 24.6 Å². The number of β-amino-alcohol motifs (C(OH)–C–C–N with tert-alkyl or cyclic N) is 1. The number of anilines is 2. The van der Waals surface area contributed by atoms with Gasteiger partial charge in [-0.2, -0.15) is 15.1 Å². The highest BCUT2D eigenvalue weighted by Crippen LogP contribution is 2.27. The van der Waals surface area contributed by atoms with E-state index in [1.807, 2.05) is 13.1 Å². The van der Waals surface area contributed by atoms with Crippen LogP contribution in [0.25, 0.3) is 16.7 Å². The Morgan fingerprint density at radius 2 is 2.09 bits per heavy atom. The molecule has 12 nitrogen and oxygen atoms in total. The first-order chi connectivity index (χ1) is 16.8. The number of nitrogens with zero attached hydrogens (tertiary/aromatic N) is 6. The maximum absolute atomic E-state index is 12.0. The van der Waals surface area contributed by atoms with Crippen LogP contribution < -0.4 is 5.32 Å². The number of hydroxylamine groups is 2. The molecule has 3 aromatic heterocycles. The quantitative estimate of drug-likeness (QED) is 0.354. The Labute approximate surface area is 199 Å². The maximum Gasteiger partial charge on any atom is 0.416 e. The van der Waals surface area contributed by atoms with Gasteiger partial charge in [-0.15, -0.1) is 0 Å². The summed E-state index contributed by atoms with van der Waals surface area (Å²) in [5.41, 5.74) is 3.08. The molecular weight excluding hydrogens is 454 g/mol. The predicted molar refractivity (Wildman–Crippen MR) is 125 cm³/mol. The summed E-state index contributed by atoms with van der Waals surface area (Å²) in [7, 11) is 0. The number of carbonyl (C=O) groups excluding carboxylic acids is 1. The van der Waals surface area contributed by atoms with E-state index in [1.165, 1.54) is 13.1 Å². The number of aromatic nitrogens is 5. The van der Waals surface area contributed by atoms with Gasteiger partial charge in [0.2, 0.25) is 5.95 Å². The highest BCUT2D eigenvalue weighted by molar-refractivity contribution is 6.09. The van der Waals surface area contributed by atoms with Crippen molar-refractivity contribution in [1.82, 2.24) is 29.4 Å². The van der Waals surface area contributed by atoms with Crippen molar-refractivity contribution in [2.45, 2.75) is 26.5 Å². The molecule has 5 rings (SSSR count). The molecule has 1 atom stereocenters. The molecule has 1 fully saturated rings. The number of aliphatic hydroxyl groups excluding tert-OH is 1. The number of aryl methyl sites for hydroxylation is 1. The highest BCUT2D eigenvalue weighted by atomic mass is 16.7. The van der Waals surface area contributed by atoms with Gasteiger partial charge < -0.3 is 15.5 Å². The van der Waals surface area contributed by atoms with Crippen molar-refractivity contribution in [2.24, 2.45) is 0 Å². The van der Waals surface area contributed by atoms with Gasteiger partial charge in [0, 0.05) is 46.9 Å². The van der Waals surface area contributed by atoms with Crippen LogP contribution >= 0.6 is 0 Å². The van der Waals surface area contributed by atoms with Gasteiger partial charge in [0.05, 0.1) is 37.0 Å². The highest BCUT2D eigenvalue weighted by Gasteiger charge is 2.23. The van der Waals surface area contributed by atoms with Crippen molar-refractivity contribution in [3.63, 3.8) is 0 Å². The SMILES string of the molecule is CC(=O)c1cn(C(=O)O)c2ccc(Nc3nccc(-n4cc(CN5CC(O)CO5)c(C)n4)n3)cc12. The lowest BCUT2D eigenvalue weighted by Gasteiger charge is -2.12. The third-order valence-electron chi connectivity index (χ3n) is 5.73. The lowest BCUT2D eigenvalue weighted by Crippen LogP contribution is -2.20. The standard InChI is InChI=1S/C23H23N7O5/c1-13-15(8-28-10-17(32)12-35-28)9-30(27-13)21-5-6-24-22(26-21)25-16-3-4-20-18(7-16)19(14(2)31)11-29(20)23(33)34/h3-7,9,11,17,32H,8,10,12H2,1-2H3,(H,33,34)(H,24,25,26). The minimum absolute atomic E-state index is 0.232. The second-order valence-electron chi connectivity index (χ2n) is 8.30. The second-order valence-corrected chi connectivity index (χ2v) is 8.30. The molecule has 3 N–H and O–H groups in total. The van der Waals surface area contributed by atoms with E-state index in [2.05, 4.69) is 20.4 Å². The van der Waals surface area contributed by atoms with E-state index in [-0.39, 0.29) is 12.4 Å². The van der Waals surface area contributed by atoms with E-state index >= 15 is 0 Å². The Morgan fingerprint density at radius 3 is 2.80 bits per heavy atom. The van der Waals surface area contributed by atoms with Crippen LogP contribution in [-0.2, 0) is 11.4 Å². The fraction of sp³-hybridized carbons (Fsp3) is 0.261. The number of hydrogen-bond donors (Lipinski definition) is 3. The van der Waals surface area contributed by atoms with E-state index in [0.717, 1.165) is 15.8 Å². The molecule has 4 heterocycles. The molecule has 1 unspecified atom stereocenters. The normalized spacial score (nSPS) is 16.1. The van der Waals surface area contributed by atoms with Crippen LogP contribution in [0.4, 0.5) is 16.4 Å². The van der Waals surface area contributed by atoms with E-state index in [9.17, 15) is 19.8 Å². The fourth-order valence-corrected chi connectivity index (χ4v) is 4.01. The Balaban J connectivity index is 1.40. The lowest BCUT2D eigenvalue weighted by molar-refractivity contribution is -0.118. The molecule has 35 heavy (non-hydrogen) atoms. The van der Waals surface area contributed by atoms with E-state index in [0.29, 0.717) is 47.0 Å². The molecule has 180 valence electrons. The van der Waals surface area contributed by atoms with Gasteiger partial charge in [0.1, 0.15) is 0 Å². The molecule has 12 heteroatoms. The molecule has 0 aliphatic carbocycles. The average Bonchev–Trinajstić information content (AvgIpc) is 3.51. The largest absolute Gasteiger partial charge is 0.464 e. The molecule has 1 aromatic carbocycles. The second kappa shape index (κ2) is 8.91. The Kier molecular flexibility index (Phi) is 5.76. The van der Waals surface area contributed by atoms with Crippen LogP contribution in [0, 0.1) is 6.92 Å². The molecular formula is C23H23N7O5. The number of carbonyl (C=O) groups is 2. The molecule has 1 saturated heterocycles. The van der Waals surface area contributed by atoms with Crippen LogP contribution in [0.1, 0.15) is 28.5 Å². The third-order valence-corrected chi connectivity index (χ3v) is 5.73. The van der Waals surface area contributed by atoms with Crippen molar-refractivity contribution in [1.29, 1.82) is 0 Å². The summed E-state index contributed by atoms with van der Waals surface area (Å²) in [5, 5.41) is 28.9. The topological polar surface area (TPSA) is 148 Å². The van der Waals surface area contributed by atoms with Gasteiger partial charge in [-0.25, -0.2) is 14.5 Å². The number of fused-ring (bicyclic) bond motifs is 1. The first-order valence-corrected chi connectivity index (χ1v) is 10.9. The lowest BCUT2D eigenvalue weighted by atomic mass is 10.1. The van der Waals surface area contributed by atoms with E-state index in [4.69, 9.17) is 4.84 Å². The minimum Gasteiger partial charge on any atom is -0.464 e. The number of carboxylic acid groups (broad SMARTS) is 1. The molecule has 0 amide bonds. The summed E-state index contributed by atoms with van der Waals surface area (Å²) in [5.74, 6) is 0.621. The van der Waals surface area contributed by atoms with Gasteiger partial charge in [-0.1, -0.05) is 0 Å². The molecule has 1 aliphatic rings. The molecule has 0 saturated carbocycles. The van der Waals surface area contributed by atoms with Crippen LogP contribution in [0.5, 0.6) is 0 Å². The zero-order valence-electron chi connectivity index (χ0n) is 19.0. The zero-order valence-corrected chi connectivity index (χ0v) is 19.0. The van der Waals surface area contributed by atoms with Crippen molar-refractivity contribution in [2.75, 3.05) is 18.5 Å². The summed E-state index contributed by atoms with van der Waals surface area (Å²) in [6, 6.07) is 6.74. The van der Waals surface area contributed by atoms with Crippen LogP contribution in [-0.4, -0.2) is 70.7 Å². The molecule has 0 bridgehead atoms. The van der Waals surface area contributed by atoms with Crippen molar-refractivity contribution >= 4 is 34.4 Å². The molecule has 1 aliphatic heterocycles. The third kappa shape index (κ3) is 4.49.